The maximum atomic E-state index is 10.6. The van der Waals surface area contributed by atoms with E-state index in [9.17, 15) is 4.79 Å². The number of hydrogen-bond donors (Lipinski definition) is 1. The fourth-order valence-electron chi connectivity index (χ4n) is 1.98. The van der Waals surface area contributed by atoms with E-state index in [2.05, 4.69) is 43.1 Å². The molecule has 4 heteroatoms. The van der Waals surface area contributed by atoms with Crippen LogP contribution in [0.5, 0.6) is 0 Å². The Kier molecular flexibility index (Phi) is 6.36. The Hall–Kier alpha value is -1.55. The summed E-state index contributed by atoms with van der Waals surface area (Å²) in [5, 5.41) is 8.71. The number of benzene rings is 1. The van der Waals surface area contributed by atoms with Crippen LogP contribution in [0.2, 0.25) is 0 Å². The van der Waals surface area contributed by atoms with Crippen molar-refractivity contribution in [1.82, 2.24) is 4.90 Å². The summed E-state index contributed by atoms with van der Waals surface area (Å²) in [6, 6.07) is 8.32. The Morgan fingerprint density at radius 1 is 1.21 bits per heavy atom. The quantitative estimate of drug-likeness (QED) is 0.783. The van der Waals surface area contributed by atoms with Crippen LogP contribution in [0.25, 0.3) is 0 Å². The zero-order chi connectivity index (χ0) is 14.3. The monoisotopic (exact) mass is 264 g/mol. The molecule has 0 unspecified atom stereocenters. The minimum atomic E-state index is -0.793. The van der Waals surface area contributed by atoms with E-state index >= 15 is 0 Å². The number of carboxylic acid groups (broad SMARTS) is 1. The number of nitrogens with zero attached hydrogens (tertiary/aromatic N) is 2. The normalized spacial score (nSPS) is 10.7. The number of rotatable bonds is 8. The number of carboxylic acids is 1. The first-order chi connectivity index (χ1) is 9.02. The van der Waals surface area contributed by atoms with E-state index in [1.807, 2.05) is 7.05 Å². The van der Waals surface area contributed by atoms with E-state index in [0.29, 0.717) is 6.54 Å². The molecule has 0 saturated carbocycles. The van der Waals surface area contributed by atoms with Crippen LogP contribution in [-0.4, -0.2) is 43.2 Å². The van der Waals surface area contributed by atoms with Crippen molar-refractivity contribution in [3.05, 3.63) is 29.8 Å². The molecular weight excluding hydrogens is 240 g/mol. The summed E-state index contributed by atoms with van der Waals surface area (Å²) in [4.78, 5) is 14.6. The van der Waals surface area contributed by atoms with Crippen LogP contribution < -0.4 is 4.90 Å². The van der Waals surface area contributed by atoms with Gasteiger partial charge in [-0.25, -0.2) is 0 Å². The van der Waals surface area contributed by atoms with Crippen molar-refractivity contribution in [2.45, 2.75) is 26.3 Å². The number of hydrogen-bond acceptors (Lipinski definition) is 3. The van der Waals surface area contributed by atoms with Crippen LogP contribution in [-0.2, 0) is 11.3 Å². The summed E-state index contributed by atoms with van der Waals surface area (Å²) in [6.07, 6.45) is 2.39. The minimum absolute atomic E-state index is 0.0676. The fraction of sp³-hybridized carbons (Fsp3) is 0.533. The molecule has 0 atom stereocenters. The molecule has 0 heterocycles. The van der Waals surface area contributed by atoms with E-state index in [0.717, 1.165) is 12.1 Å². The molecule has 1 aromatic carbocycles. The smallest absolute Gasteiger partial charge is 0.317 e. The van der Waals surface area contributed by atoms with Crippen molar-refractivity contribution >= 4 is 11.7 Å². The van der Waals surface area contributed by atoms with Crippen LogP contribution >= 0.6 is 0 Å². The van der Waals surface area contributed by atoms with E-state index in [1.54, 1.807) is 4.90 Å². The Labute approximate surface area is 115 Å². The molecule has 1 aromatic rings. The van der Waals surface area contributed by atoms with Crippen molar-refractivity contribution < 1.29 is 9.90 Å². The van der Waals surface area contributed by atoms with Gasteiger partial charge in [-0.1, -0.05) is 25.5 Å². The number of carbonyl (C=O) groups is 1. The summed E-state index contributed by atoms with van der Waals surface area (Å²) in [5.74, 6) is -0.793. The van der Waals surface area contributed by atoms with Crippen molar-refractivity contribution in [2.75, 3.05) is 32.1 Å². The van der Waals surface area contributed by atoms with Gasteiger partial charge in [-0.2, -0.15) is 0 Å². The topological polar surface area (TPSA) is 43.8 Å². The lowest BCUT2D eigenvalue weighted by atomic mass is 10.2. The van der Waals surface area contributed by atoms with Gasteiger partial charge in [-0.15, -0.1) is 0 Å². The lowest BCUT2D eigenvalue weighted by Crippen LogP contribution is -2.25. The van der Waals surface area contributed by atoms with Gasteiger partial charge in [0.2, 0.25) is 0 Å². The van der Waals surface area contributed by atoms with Crippen molar-refractivity contribution in [2.24, 2.45) is 0 Å². The molecule has 0 aliphatic carbocycles. The first-order valence-corrected chi connectivity index (χ1v) is 6.73. The first kappa shape index (κ1) is 15.5. The van der Waals surface area contributed by atoms with Crippen molar-refractivity contribution in [1.29, 1.82) is 0 Å². The fourth-order valence-corrected chi connectivity index (χ4v) is 1.98. The third-order valence-electron chi connectivity index (χ3n) is 3.08. The molecule has 1 N–H and O–H groups in total. The lowest BCUT2D eigenvalue weighted by Gasteiger charge is -2.20. The summed E-state index contributed by atoms with van der Waals surface area (Å²) >= 11 is 0. The summed E-state index contributed by atoms with van der Waals surface area (Å²) in [7, 11) is 3.91. The first-order valence-electron chi connectivity index (χ1n) is 6.73. The zero-order valence-corrected chi connectivity index (χ0v) is 12.1. The summed E-state index contributed by atoms with van der Waals surface area (Å²) in [5.41, 5.74) is 2.34. The molecule has 0 saturated heterocycles. The third-order valence-corrected chi connectivity index (χ3v) is 3.08. The lowest BCUT2D eigenvalue weighted by molar-refractivity contribution is -0.138. The Bertz CT molecular complexity index is 390. The van der Waals surface area contributed by atoms with Gasteiger partial charge < -0.3 is 10.0 Å². The standard InChI is InChI=1S/C15H24N2O2/c1-4-5-10-17(3)14-8-6-13(7-9-14)11-16(2)12-15(18)19/h6-9H,4-5,10-12H2,1-3H3,(H,18,19). The largest absolute Gasteiger partial charge is 0.480 e. The predicted molar refractivity (Wildman–Crippen MR) is 78.6 cm³/mol. The average Bonchev–Trinajstić information content (AvgIpc) is 2.35. The Morgan fingerprint density at radius 2 is 1.84 bits per heavy atom. The van der Waals surface area contributed by atoms with Crippen molar-refractivity contribution in [3.63, 3.8) is 0 Å². The summed E-state index contributed by atoms with van der Waals surface area (Å²) in [6.45, 7) is 3.98. The van der Waals surface area contributed by atoms with Gasteiger partial charge in [0.1, 0.15) is 0 Å². The Morgan fingerprint density at radius 3 is 2.37 bits per heavy atom. The molecule has 0 bridgehead atoms. The molecule has 0 aliphatic heterocycles. The maximum Gasteiger partial charge on any atom is 0.317 e. The van der Waals surface area contributed by atoms with Gasteiger partial charge in [0.05, 0.1) is 6.54 Å². The predicted octanol–water partition coefficient (Wildman–Crippen LogP) is 2.44. The van der Waals surface area contributed by atoms with Gasteiger partial charge in [-0.3, -0.25) is 9.69 Å². The van der Waals surface area contributed by atoms with Gasteiger partial charge in [0, 0.05) is 25.8 Å². The molecule has 0 aromatic heterocycles. The average molecular weight is 264 g/mol. The number of unbranched alkanes of at least 4 members (excludes halogenated alkanes) is 1. The number of anilines is 1. The van der Waals surface area contributed by atoms with Gasteiger partial charge in [-0.05, 0) is 31.2 Å². The van der Waals surface area contributed by atoms with Crippen LogP contribution in [0, 0.1) is 0 Å². The second kappa shape index (κ2) is 7.79. The van der Waals surface area contributed by atoms with Crippen LogP contribution in [0.3, 0.4) is 0 Å². The van der Waals surface area contributed by atoms with E-state index in [-0.39, 0.29) is 6.54 Å². The van der Waals surface area contributed by atoms with Crippen LogP contribution in [0.4, 0.5) is 5.69 Å². The third kappa shape index (κ3) is 5.75. The van der Waals surface area contributed by atoms with Gasteiger partial charge in [0.15, 0.2) is 0 Å². The molecule has 106 valence electrons. The second-order valence-electron chi connectivity index (χ2n) is 5.01. The highest BCUT2D eigenvalue weighted by molar-refractivity contribution is 5.69. The molecule has 0 spiro atoms. The van der Waals surface area contributed by atoms with E-state index in [1.165, 1.54) is 18.5 Å². The molecule has 0 amide bonds. The number of aliphatic carboxylic acids is 1. The molecule has 4 nitrogen and oxygen atoms in total. The highest BCUT2D eigenvalue weighted by atomic mass is 16.4. The molecule has 0 radical (unpaired) electrons. The van der Waals surface area contributed by atoms with E-state index < -0.39 is 5.97 Å². The highest BCUT2D eigenvalue weighted by Gasteiger charge is 2.05. The number of likely N-dealkylation sites (N-methyl/N-ethyl adjacent to an activating group) is 1. The maximum absolute atomic E-state index is 10.6. The molecule has 0 aliphatic rings. The highest BCUT2D eigenvalue weighted by Crippen LogP contribution is 2.15. The van der Waals surface area contributed by atoms with E-state index in [4.69, 9.17) is 5.11 Å². The van der Waals surface area contributed by atoms with Gasteiger partial charge in [0.25, 0.3) is 0 Å². The van der Waals surface area contributed by atoms with Crippen LogP contribution in [0.1, 0.15) is 25.3 Å². The molecule has 1 rings (SSSR count). The minimum Gasteiger partial charge on any atom is -0.480 e. The molecular formula is C15H24N2O2. The molecule has 0 fully saturated rings. The Balaban J connectivity index is 2.53. The van der Waals surface area contributed by atoms with Crippen molar-refractivity contribution in [3.8, 4) is 0 Å². The van der Waals surface area contributed by atoms with Crippen LogP contribution in [0.15, 0.2) is 24.3 Å². The van der Waals surface area contributed by atoms with Gasteiger partial charge >= 0.3 is 5.97 Å². The zero-order valence-electron chi connectivity index (χ0n) is 12.1. The molecule has 19 heavy (non-hydrogen) atoms. The second-order valence-corrected chi connectivity index (χ2v) is 5.01. The SMILES string of the molecule is CCCCN(C)c1ccc(CN(C)CC(=O)O)cc1. The summed E-state index contributed by atoms with van der Waals surface area (Å²) < 4.78 is 0.